The van der Waals surface area contributed by atoms with Crippen LogP contribution in [0.3, 0.4) is 0 Å². The largest absolute Gasteiger partial charge is 0.493 e. The minimum atomic E-state index is -3.49. The maximum Gasteiger partial charge on any atom is 0.232 e. The molecule has 0 bridgehead atoms. The Bertz CT molecular complexity index is 500. The molecule has 0 saturated heterocycles. The molecule has 0 aliphatic carbocycles. The molecule has 0 saturated carbocycles. The van der Waals surface area contributed by atoms with Crippen molar-refractivity contribution in [3.05, 3.63) is 28.8 Å². The predicted molar refractivity (Wildman–Crippen MR) is 75.1 cm³/mol. The number of hydrogen-bond donors (Lipinski definition) is 0. The van der Waals surface area contributed by atoms with Crippen molar-refractivity contribution in [1.82, 2.24) is 0 Å². The van der Waals surface area contributed by atoms with Crippen molar-refractivity contribution in [2.45, 2.75) is 20.3 Å². The summed E-state index contributed by atoms with van der Waals surface area (Å²) in [5, 5.41) is 0.648. The van der Waals surface area contributed by atoms with Gasteiger partial charge < -0.3 is 4.74 Å². The molecule has 0 aromatic heterocycles. The third-order valence-electron chi connectivity index (χ3n) is 2.62. The molecule has 0 spiro atoms. The first-order chi connectivity index (χ1) is 8.31. The summed E-state index contributed by atoms with van der Waals surface area (Å²) in [6.07, 6.45) is 0.693. The van der Waals surface area contributed by atoms with Gasteiger partial charge in [-0.25, -0.2) is 8.42 Å². The van der Waals surface area contributed by atoms with E-state index in [0.29, 0.717) is 23.8 Å². The molecule has 3 nitrogen and oxygen atoms in total. The molecule has 1 aromatic rings. The van der Waals surface area contributed by atoms with Crippen LogP contribution in [0.2, 0.25) is 5.02 Å². The first-order valence-corrected chi connectivity index (χ1v) is 8.48. The number of rotatable bonds is 6. The molecule has 0 radical (unpaired) electrons. The van der Waals surface area contributed by atoms with Gasteiger partial charge in [0.15, 0.2) is 0 Å². The van der Waals surface area contributed by atoms with Crippen LogP contribution in [0.1, 0.15) is 18.9 Å². The molecule has 0 heterocycles. The first kappa shape index (κ1) is 15.6. The van der Waals surface area contributed by atoms with Crippen molar-refractivity contribution in [1.29, 1.82) is 0 Å². The molecular weight excluding hydrogens is 295 g/mol. The first-order valence-electron chi connectivity index (χ1n) is 5.63. The van der Waals surface area contributed by atoms with Crippen LogP contribution in [0.5, 0.6) is 5.75 Å². The Balaban J connectivity index is 2.62. The average molecular weight is 311 g/mol. The minimum absolute atomic E-state index is 0.0717. The van der Waals surface area contributed by atoms with Crippen molar-refractivity contribution < 1.29 is 13.2 Å². The second kappa shape index (κ2) is 6.64. The molecule has 0 amide bonds. The fourth-order valence-electron chi connectivity index (χ4n) is 1.55. The number of halogens is 2. The SMILES string of the molecule is CCC(COc1ccc(Cl)cc1C)CS(=O)(=O)Cl. The molecule has 18 heavy (non-hydrogen) atoms. The van der Waals surface area contributed by atoms with E-state index < -0.39 is 9.05 Å². The predicted octanol–water partition coefficient (Wildman–Crippen LogP) is 3.62. The lowest BCUT2D eigenvalue weighted by Gasteiger charge is -2.15. The van der Waals surface area contributed by atoms with Crippen LogP contribution >= 0.6 is 22.3 Å². The lowest BCUT2D eigenvalue weighted by molar-refractivity contribution is 0.256. The molecule has 1 atom stereocenters. The second-order valence-electron chi connectivity index (χ2n) is 4.20. The van der Waals surface area contributed by atoms with E-state index in [0.717, 1.165) is 5.56 Å². The van der Waals surface area contributed by atoms with Crippen LogP contribution in [0.25, 0.3) is 0 Å². The Labute approximate surface area is 117 Å². The smallest absolute Gasteiger partial charge is 0.232 e. The summed E-state index contributed by atoms with van der Waals surface area (Å²) < 4.78 is 27.6. The quantitative estimate of drug-likeness (QED) is 0.754. The van der Waals surface area contributed by atoms with Crippen LogP contribution in [0.4, 0.5) is 0 Å². The number of benzene rings is 1. The molecule has 1 rings (SSSR count). The Morgan fingerprint density at radius 2 is 2.06 bits per heavy atom. The van der Waals surface area contributed by atoms with Crippen LogP contribution in [-0.4, -0.2) is 20.8 Å². The van der Waals surface area contributed by atoms with E-state index in [-0.39, 0.29) is 11.7 Å². The van der Waals surface area contributed by atoms with Gasteiger partial charge in [0.2, 0.25) is 9.05 Å². The standard InChI is InChI=1S/C12H16Cl2O3S/c1-3-10(8-18(14,15)16)7-17-12-5-4-11(13)6-9(12)2/h4-6,10H,3,7-8H2,1-2H3. The highest BCUT2D eigenvalue weighted by Crippen LogP contribution is 2.23. The van der Waals surface area contributed by atoms with Gasteiger partial charge in [0.1, 0.15) is 5.75 Å². The highest BCUT2D eigenvalue weighted by Gasteiger charge is 2.16. The van der Waals surface area contributed by atoms with Crippen molar-refractivity contribution in [3.8, 4) is 5.75 Å². The summed E-state index contributed by atoms with van der Waals surface area (Å²) in [6, 6.07) is 5.32. The third-order valence-corrected chi connectivity index (χ3v) is 4.11. The summed E-state index contributed by atoms with van der Waals surface area (Å²) in [6.45, 7) is 4.12. The summed E-state index contributed by atoms with van der Waals surface area (Å²) in [5.41, 5.74) is 0.922. The Morgan fingerprint density at radius 3 is 2.56 bits per heavy atom. The van der Waals surface area contributed by atoms with Crippen LogP contribution in [0, 0.1) is 12.8 Å². The number of aryl methyl sites for hydroxylation is 1. The number of ether oxygens (including phenoxy) is 1. The van der Waals surface area contributed by atoms with E-state index in [1.54, 1.807) is 18.2 Å². The van der Waals surface area contributed by atoms with E-state index in [9.17, 15) is 8.42 Å². The molecule has 1 unspecified atom stereocenters. The maximum absolute atomic E-state index is 11.0. The fraction of sp³-hybridized carbons (Fsp3) is 0.500. The summed E-state index contributed by atoms with van der Waals surface area (Å²) in [7, 11) is 1.75. The van der Waals surface area contributed by atoms with Gasteiger partial charge in [0.25, 0.3) is 0 Å². The van der Waals surface area contributed by atoms with Gasteiger partial charge >= 0.3 is 0 Å². The van der Waals surface area contributed by atoms with E-state index in [1.165, 1.54) is 0 Å². The van der Waals surface area contributed by atoms with Gasteiger partial charge in [-0.1, -0.05) is 18.5 Å². The fourth-order valence-corrected chi connectivity index (χ4v) is 3.20. The molecule has 0 aliphatic rings. The van der Waals surface area contributed by atoms with Crippen LogP contribution in [0.15, 0.2) is 18.2 Å². The summed E-state index contributed by atoms with van der Waals surface area (Å²) in [5.74, 6) is 0.532. The third kappa shape index (κ3) is 5.46. The van der Waals surface area contributed by atoms with Crippen molar-refractivity contribution in [2.24, 2.45) is 5.92 Å². The Kier molecular flexibility index (Phi) is 5.76. The maximum atomic E-state index is 11.0. The number of hydrogen-bond acceptors (Lipinski definition) is 3. The molecular formula is C12H16Cl2O3S. The lowest BCUT2D eigenvalue weighted by atomic mass is 10.1. The Morgan fingerprint density at radius 1 is 1.39 bits per heavy atom. The summed E-state index contributed by atoms with van der Waals surface area (Å²) in [4.78, 5) is 0. The lowest BCUT2D eigenvalue weighted by Crippen LogP contribution is -2.19. The minimum Gasteiger partial charge on any atom is -0.493 e. The van der Waals surface area contributed by atoms with Gasteiger partial charge in [-0.15, -0.1) is 0 Å². The second-order valence-corrected chi connectivity index (χ2v) is 7.46. The average Bonchev–Trinajstić information content (AvgIpc) is 2.24. The molecule has 1 aromatic carbocycles. The zero-order valence-corrected chi connectivity index (χ0v) is 12.6. The van der Waals surface area contributed by atoms with Gasteiger partial charge in [0.05, 0.1) is 12.4 Å². The van der Waals surface area contributed by atoms with E-state index >= 15 is 0 Å². The molecule has 0 N–H and O–H groups in total. The van der Waals surface area contributed by atoms with Crippen molar-refractivity contribution >= 4 is 31.3 Å². The highest BCUT2D eigenvalue weighted by atomic mass is 35.7. The van der Waals surface area contributed by atoms with E-state index in [4.69, 9.17) is 27.0 Å². The van der Waals surface area contributed by atoms with Crippen LogP contribution < -0.4 is 4.74 Å². The molecule has 102 valence electrons. The van der Waals surface area contributed by atoms with E-state index in [2.05, 4.69) is 0 Å². The summed E-state index contributed by atoms with van der Waals surface area (Å²) >= 11 is 5.84. The zero-order chi connectivity index (χ0) is 13.8. The zero-order valence-electron chi connectivity index (χ0n) is 10.3. The van der Waals surface area contributed by atoms with Gasteiger partial charge in [-0.05, 0) is 37.1 Å². The Hall–Kier alpha value is -0.450. The normalized spacial score (nSPS) is 13.3. The van der Waals surface area contributed by atoms with E-state index in [1.807, 2.05) is 13.8 Å². The van der Waals surface area contributed by atoms with Crippen molar-refractivity contribution in [3.63, 3.8) is 0 Å². The van der Waals surface area contributed by atoms with Crippen LogP contribution in [-0.2, 0) is 9.05 Å². The van der Waals surface area contributed by atoms with Gasteiger partial charge in [-0.2, -0.15) is 0 Å². The van der Waals surface area contributed by atoms with Gasteiger partial charge in [-0.3, -0.25) is 0 Å². The molecule has 0 aliphatic heterocycles. The molecule has 6 heteroatoms. The monoisotopic (exact) mass is 310 g/mol. The molecule has 0 fully saturated rings. The topological polar surface area (TPSA) is 43.4 Å². The van der Waals surface area contributed by atoms with Crippen molar-refractivity contribution in [2.75, 3.05) is 12.4 Å². The highest BCUT2D eigenvalue weighted by molar-refractivity contribution is 8.13. The van der Waals surface area contributed by atoms with Gasteiger partial charge in [0, 0.05) is 21.6 Å².